The molecule has 2 aromatic rings. The first-order chi connectivity index (χ1) is 11.4. The smallest absolute Gasteiger partial charge is 0.301 e. The van der Waals surface area contributed by atoms with Crippen molar-refractivity contribution in [1.82, 2.24) is 9.29 Å². The van der Waals surface area contributed by atoms with Gasteiger partial charge in [0.25, 0.3) is 0 Å². The molecule has 0 spiro atoms. The van der Waals surface area contributed by atoms with Crippen molar-refractivity contribution >= 4 is 27.4 Å². The third-order valence-corrected chi connectivity index (χ3v) is 4.60. The zero-order valence-electron chi connectivity index (χ0n) is 13.9. The Kier molecular flexibility index (Phi) is 5.47. The second kappa shape index (κ2) is 7.37. The Morgan fingerprint density at radius 2 is 1.67 bits per heavy atom. The van der Waals surface area contributed by atoms with Gasteiger partial charge in [0, 0.05) is 25.8 Å². The summed E-state index contributed by atoms with van der Waals surface area (Å²) in [4.78, 5) is 4.19. The van der Waals surface area contributed by atoms with Gasteiger partial charge in [-0.25, -0.2) is 4.98 Å². The molecule has 9 heteroatoms. The standard InChI is InChI=1S/C15H20N4O4S/c1-19(2)24(20,21)18-12-6-8-15(16-10-12)17-11-5-7-13(22-3)14(9-11)23-4/h5-10,18H,1-4H3,(H,16,17). The molecule has 0 saturated heterocycles. The number of aromatic nitrogens is 1. The van der Waals surface area contributed by atoms with Crippen molar-refractivity contribution in [3.05, 3.63) is 36.5 Å². The average molecular weight is 352 g/mol. The number of ether oxygens (including phenoxy) is 2. The van der Waals surface area contributed by atoms with Crippen LogP contribution in [-0.2, 0) is 10.2 Å². The molecule has 0 atom stereocenters. The lowest BCUT2D eigenvalue weighted by atomic mass is 10.2. The molecule has 0 aliphatic rings. The highest BCUT2D eigenvalue weighted by Gasteiger charge is 2.13. The fourth-order valence-corrected chi connectivity index (χ4v) is 2.43. The van der Waals surface area contributed by atoms with Gasteiger partial charge in [-0.1, -0.05) is 0 Å². The number of rotatable bonds is 7. The summed E-state index contributed by atoms with van der Waals surface area (Å²) in [6.45, 7) is 0. The quantitative estimate of drug-likeness (QED) is 0.792. The van der Waals surface area contributed by atoms with E-state index < -0.39 is 10.2 Å². The summed E-state index contributed by atoms with van der Waals surface area (Å²) in [7, 11) is 2.48. The van der Waals surface area contributed by atoms with Gasteiger partial charge in [0.15, 0.2) is 11.5 Å². The van der Waals surface area contributed by atoms with E-state index in [0.29, 0.717) is 23.0 Å². The molecule has 0 amide bonds. The summed E-state index contributed by atoms with van der Waals surface area (Å²) in [5.41, 5.74) is 1.14. The predicted molar refractivity (Wildman–Crippen MR) is 93.3 cm³/mol. The van der Waals surface area contributed by atoms with Gasteiger partial charge in [-0.3, -0.25) is 4.72 Å². The van der Waals surface area contributed by atoms with Crippen LogP contribution in [-0.4, -0.2) is 46.0 Å². The van der Waals surface area contributed by atoms with Crippen molar-refractivity contribution in [2.24, 2.45) is 0 Å². The fourth-order valence-electron chi connectivity index (χ4n) is 1.83. The van der Waals surface area contributed by atoms with E-state index in [1.165, 1.54) is 20.3 Å². The number of hydrogen-bond acceptors (Lipinski definition) is 6. The summed E-state index contributed by atoms with van der Waals surface area (Å²) < 4.78 is 37.4. The van der Waals surface area contributed by atoms with Crippen LogP contribution in [0.15, 0.2) is 36.5 Å². The van der Waals surface area contributed by atoms with Crippen molar-refractivity contribution in [3.8, 4) is 11.5 Å². The van der Waals surface area contributed by atoms with Crippen molar-refractivity contribution in [3.63, 3.8) is 0 Å². The van der Waals surface area contributed by atoms with Gasteiger partial charge in [-0.2, -0.15) is 12.7 Å². The maximum Gasteiger partial charge on any atom is 0.301 e. The highest BCUT2D eigenvalue weighted by atomic mass is 32.2. The van der Waals surface area contributed by atoms with Crippen LogP contribution >= 0.6 is 0 Å². The largest absolute Gasteiger partial charge is 0.493 e. The lowest BCUT2D eigenvalue weighted by molar-refractivity contribution is 0.355. The minimum atomic E-state index is -3.55. The van der Waals surface area contributed by atoms with E-state index in [2.05, 4.69) is 15.0 Å². The summed E-state index contributed by atoms with van der Waals surface area (Å²) >= 11 is 0. The summed E-state index contributed by atoms with van der Waals surface area (Å²) in [5, 5.41) is 3.11. The number of pyridine rings is 1. The van der Waals surface area contributed by atoms with Crippen LogP contribution in [0.1, 0.15) is 0 Å². The van der Waals surface area contributed by atoms with E-state index in [1.807, 2.05) is 6.07 Å². The van der Waals surface area contributed by atoms with E-state index >= 15 is 0 Å². The van der Waals surface area contributed by atoms with Crippen LogP contribution < -0.4 is 19.5 Å². The average Bonchev–Trinajstić information content (AvgIpc) is 2.56. The third-order valence-electron chi connectivity index (χ3n) is 3.15. The van der Waals surface area contributed by atoms with Crippen molar-refractivity contribution in [2.45, 2.75) is 0 Å². The molecule has 2 rings (SSSR count). The van der Waals surface area contributed by atoms with Crippen LogP contribution in [0.4, 0.5) is 17.2 Å². The fraction of sp³-hybridized carbons (Fsp3) is 0.267. The van der Waals surface area contributed by atoms with Crippen LogP contribution in [0.5, 0.6) is 11.5 Å². The Morgan fingerprint density at radius 1 is 1.00 bits per heavy atom. The Balaban J connectivity index is 2.12. The van der Waals surface area contributed by atoms with Gasteiger partial charge in [0.05, 0.1) is 26.1 Å². The third kappa shape index (κ3) is 4.27. The van der Waals surface area contributed by atoms with Gasteiger partial charge in [0.2, 0.25) is 0 Å². The SMILES string of the molecule is COc1ccc(Nc2ccc(NS(=O)(=O)N(C)C)cn2)cc1OC. The first-order valence-corrected chi connectivity index (χ1v) is 8.45. The molecule has 0 saturated carbocycles. The minimum Gasteiger partial charge on any atom is -0.493 e. The van der Waals surface area contributed by atoms with E-state index in [0.717, 1.165) is 9.99 Å². The lowest BCUT2D eigenvalue weighted by Crippen LogP contribution is -2.28. The molecule has 2 N–H and O–H groups in total. The summed E-state index contributed by atoms with van der Waals surface area (Å²) in [5.74, 6) is 1.79. The molecule has 0 bridgehead atoms. The van der Waals surface area contributed by atoms with Crippen LogP contribution in [0.2, 0.25) is 0 Å². The van der Waals surface area contributed by atoms with E-state index in [1.54, 1.807) is 38.5 Å². The van der Waals surface area contributed by atoms with Crippen molar-refractivity contribution < 1.29 is 17.9 Å². The van der Waals surface area contributed by atoms with E-state index in [9.17, 15) is 8.42 Å². The molecular weight excluding hydrogens is 332 g/mol. The number of nitrogens with zero attached hydrogens (tertiary/aromatic N) is 2. The number of benzene rings is 1. The van der Waals surface area contributed by atoms with E-state index in [4.69, 9.17) is 9.47 Å². The van der Waals surface area contributed by atoms with Crippen molar-refractivity contribution in [1.29, 1.82) is 0 Å². The lowest BCUT2D eigenvalue weighted by Gasteiger charge is -2.14. The monoisotopic (exact) mass is 352 g/mol. The predicted octanol–water partition coefficient (Wildman–Crippen LogP) is 2.06. The molecule has 130 valence electrons. The maximum absolute atomic E-state index is 11.8. The number of hydrogen-bond donors (Lipinski definition) is 2. The molecule has 8 nitrogen and oxygen atoms in total. The van der Waals surface area contributed by atoms with Crippen LogP contribution in [0.3, 0.4) is 0 Å². The second-order valence-corrected chi connectivity index (χ2v) is 6.90. The van der Waals surface area contributed by atoms with Gasteiger partial charge in [-0.15, -0.1) is 0 Å². The Morgan fingerprint density at radius 3 is 2.21 bits per heavy atom. The number of methoxy groups -OCH3 is 2. The molecule has 0 aliphatic carbocycles. The molecule has 0 fully saturated rings. The first kappa shape index (κ1) is 17.8. The molecule has 0 aliphatic heterocycles. The highest BCUT2D eigenvalue weighted by Crippen LogP contribution is 2.30. The highest BCUT2D eigenvalue weighted by molar-refractivity contribution is 7.90. The van der Waals surface area contributed by atoms with Gasteiger partial charge >= 0.3 is 10.2 Å². The maximum atomic E-state index is 11.8. The number of nitrogens with one attached hydrogen (secondary N) is 2. The zero-order valence-corrected chi connectivity index (χ0v) is 14.7. The Hall–Kier alpha value is -2.52. The molecule has 1 heterocycles. The zero-order chi connectivity index (χ0) is 17.7. The van der Waals surface area contributed by atoms with Gasteiger partial charge < -0.3 is 14.8 Å². The van der Waals surface area contributed by atoms with Gasteiger partial charge in [-0.05, 0) is 24.3 Å². The van der Waals surface area contributed by atoms with Crippen molar-refractivity contribution in [2.75, 3.05) is 38.4 Å². The molecule has 1 aromatic carbocycles. The second-order valence-electron chi connectivity index (χ2n) is 5.02. The Bertz CT molecular complexity index is 792. The molecule has 24 heavy (non-hydrogen) atoms. The number of anilines is 3. The van der Waals surface area contributed by atoms with Crippen LogP contribution in [0.25, 0.3) is 0 Å². The first-order valence-electron chi connectivity index (χ1n) is 7.01. The van der Waals surface area contributed by atoms with E-state index in [-0.39, 0.29) is 0 Å². The summed E-state index contributed by atoms with van der Waals surface area (Å²) in [6, 6.07) is 8.68. The molecule has 0 radical (unpaired) electrons. The topological polar surface area (TPSA) is 92.8 Å². The molecule has 0 unspecified atom stereocenters. The minimum absolute atomic E-state index is 0.376. The van der Waals surface area contributed by atoms with Crippen LogP contribution in [0, 0.1) is 0 Å². The summed E-state index contributed by atoms with van der Waals surface area (Å²) in [6.07, 6.45) is 1.43. The molecule has 1 aromatic heterocycles. The normalized spacial score (nSPS) is 11.2. The molecular formula is C15H20N4O4S. The Labute approximate surface area is 141 Å². The van der Waals surface area contributed by atoms with Gasteiger partial charge in [0.1, 0.15) is 5.82 Å².